The standard InChI is InChI=1S/C16H25N3O2/c1-3-4-5-7-13(2)18-15(20)9-10-16(21)19-14-8-6-11-17-12-14/h6,8,11-13H,3-5,7,9-10H2,1-2H3,(H,18,20)(H,19,21)/t13-/m0/s1. The molecular formula is C16H25N3O2. The lowest BCUT2D eigenvalue weighted by Crippen LogP contribution is -2.33. The van der Waals surface area contributed by atoms with E-state index in [-0.39, 0.29) is 30.7 Å². The molecule has 2 amide bonds. The summed E-state index contributed by atoms with van der Waals surface area (Å²) in [6, 6.07) is 3.69. The fourth-order valence-corrected chi connectivity index (χ4v) is 2.01. The number of hydrogen-bond donors (Lipinski definition) is 2. The van der Waals surface area contributed by atoms with Crippen LogP contribution in [0.4, 0.5) is 5.69 Å². The van der Waals surface area contributed by atoms with E-state index in [0.29, 0.717) is 5.69 Å². The molecule has 1 atom stereocenters. The molecule has 2 N–H and O–H groups in total. The third kappa shape index (κ3) is 8.07. The fourth-order valence-electron chi connectivity index (χ4n) is 2.01. The molecule has 0 radical (unpaired) electrons. The Bertz CT molecular complexity index is 434. The topological polar surface area (TPSA) is 71.1 Å². The highest BCUT2D eigenvalue weighted by Gasteiger charge is 2.10. The molecule has 0 aliphatic rings. The van der Waals surface area contributed by atoms with Crippen molar-refractivity contribution in [1.82, 2.24) is 10.3 Å². The third-order valence-corrected chi connectivity index (χ3v) is 3.17. The molecular weight excluding hydrogens is 266 g/mol. The second-order valence-corrected chi connectivity index (χ2v) is 5.25. The van der Waals surface area contributed by atoms with Crippen molar-refractivity contribution in [1.29, 1.82) is 0 Å². The molecule has 1 aromatic heterocycles. The molecule has 0 saturated carbocycles. The first kappa shape index (κ1) is 17.1. The molecule has 0 spiro atoms. The molecule has 116 valence electrons. The van der Waals surface area contributed by atoms with Gasteiger partial charge >= 0.3 is 0 Å². The van der Waals surface area contributed by atoms with Crippen LogP contribution in [0.25, 0.3) is 0 Å². The van der Waals surface area contributed by atoms with Crippen LogP contribution in [0.1, 0.15) is 52.4 Å². The fraction of sp³-hybridized carbons (Fsp3) is 0.562. The highest BCUT2D eigenvalue weighted by Crippen LogP contribution is 2.05. The number of aromatic nitrogens is 1. The van der Waals surface area contributed by atoms with Crippen LogP contribution in [0.3, 0.4) is 0 Å². The van der Waals surface area contributed by atoms with Gasteiger partial charge in [0.2, 0.25) is 11.8 Å². The maximum atomic E-state index is 11.7. The Labute approximate surface area is 126 Å². The molecule has 1 aromatic rings. The van der Waals surface area contributed by atoms with Crippen LogP contribution >= 0.6 is 0 Å². The van der Waals surface area contributed by atoms with Crippen molar-refractivity contribution in [3.8, 4) is 0 Å². The van der Waals surface area contributed by atoms with Gasteiger partial charge in [-0.15, -0.1) is 0 Å². The van der Waals surface area contributed by atoms with Gasteiger partial charge in [-0.1, -0.05) is 26.2 Å². The van der Waals surface area contributed by atoms with Gasteiger partial charge in [-0.2, -0.15) is 0 Å². The van der Waals surface area contributed by atoms with Gasteiger partial charge in [-0.25, -0.2) is 0 Å². The smallest absolute Gasteiger partial charge is 0.224 e. The summed E-state index contributed by atoms with van der Waals surface area (Å²) in [5.41, 5.74) is 0.649. The Kier molecular flexibility index (Phi) is 8.09. The van der Waals surface area contributed by atoms with Crippen LogP contribution < -0.4 is 10.6 Å². The van der Waals surface area contributed by atoms with Crippen molar-refractivity contribution in [2.24, 2.45) is 0 Å². The third-order valence-electron chi connectivity index (χ3n) is 3.17. The number of anilines is 1. The molecule has 1 rings (SSSR count). The first-order chi connectivity index (χ1) is 10.1. The van der Waals surface area contributed by atoms with E-state index in [0.717, 1.165) is 12.8 Å². The first-order valence-electron chi connectivity index (χ1n) is 7.61. The van der Waals surface area contributed by atoms with Crippen molar-refractivity contribution in [3.63, 3.8) is 0 Å². The van der Waals surface area contributed by atoms with E-state index in [1.54, 1.807) is 24.5 Å². The lowest BCUT2D eigenvalue weighted by molar-refractivity contribution is -0.124. The number of carbonyl (C=O) groups is 2. The molecule has 21 heavy (non-hydrogen) atoms. The summed E-state index contributed by atoms with van der Waals surface area (Å²) < 4.78 is 0. The maximum Gasteiger partial charge on any atom is 0.224 e. The molecule has 0 aliphatic heterocycles. The quantitative estimate of drug-likeness (QED) is 0.687. The normalized spacial score (nSPS) is 11.7. The van der Waals surface area contributed by atoms with Gasteiger partial charge in [0.05, 0.1) is 11.9 Å². The minimum absolute atomic E-state index is 0.0691. The monoisotopic (exact) mass is 291 g/mol. The van der Waals surface area contributed by atoms with Crippen molar-refractivity contribution in [2.75, 3.05) is 5.32 Å². The summed E-state index contributed by atoms with van der Waals surface area (Å²) in [7, 11) is 0. The molecule has 0 aromatic carbocycles. The molecule has 0 unspecified atom stereocenters. The Morgan fingerprint density at radius 3 is 2.67 bits per heavy atom. The average molecular weight is 291 g/mol. The summed E-state index contributed by atoms with van der Waals surface area (Å²) in [6.07, 6.45) is 8.09. The molecule has 1 heterocycles. The Balaban J connectivity index is 2.18. The summed E-state index contributed by atoms with van der Waals surface area (Å²) in [4.78, 5) is 27.3. The number of unbranched alkanes of at least 4 members (excludes halogenated alkanes) is 2. The number of nitrogens with one attached hydrogen (secondary N) is 2. The van der Waals surface area contributed by atoms with Crippen LogP contribution in [0.5, 0.6) is 0 Å². The van der Waals surface area contributed by atoms with Gasteiger partial charge in [0, 0.05) is 25.1 Å². The number of carbonyl (C=O) groups excluding carboxylic acids is 2. The van der Waals surface area contributed by atoms with Gasteiger partial charge in [0.1, 0.15) is 0 Å². The predicted molar refractivity (Wildman–Crippen MR) is 83.8 cm³/mol. The molecule has 5 nitrogen and oxygen atoms in total. The summed E-state index contributed by atoms with van der Waals surface area (Å²) in [6.45, 7) is 4.16. The van der Waals surface area contributed by atoms with E-state index in [9.17, 15) is 9.59 Å². The first-order valence-corrected chi connectivity index (χ1v) is 7.61. The van der Waals surface area contributed by atoms with Gasteiger partial charge in [-0.3, -0.25) is 14.6 Å². The predicted octanol–water partition coefficient (Wildman–Crippen LogP) is 2.89. The van der Waals surface area contributed by atoms with Crippen molar-refractivity contribution in [3.05, 3.63) is 24.5 Å². The van der Waals surface area contributed by atoms with Crippen LogP contribution in [0.2, 0.25) is 0 Å². The second kappa shape index (κ2) is 9.91. The Morgan fingerprint density at radius 1 is 1.24 bits per heavy atom. The van der Waals surface area contributed by atoms with Gasteiger partial charge in [0.25, 0.3) is 0 Å². The average Bonchev–Trinajstić information content (AvgIpc) is 2.46. The summed E-state index contributed by atoms with van der Waals surface area (Å²) in [5.74, 6) is -0.239. The lowest BCUT2D eigenvalue weighted by Gasteiger charge is -2.13. The Hall–Kier alpha value is -1.91. The molecule has 5 heteroatoms. The second-order valence-electron chi connectivity index (χ2n) is 5.25. The van der Waals surface area contributed by atoms with Gasteiger partial charge in [0.15, 0.2) is 0 Å². The minimum atomic E-state index is -0.170. The van der Waals surface area contributed by atoms with Gasteiger partial charge in [-0.05, 0) is 25.5 Å². The Morgan fingerprint density at radius 2 is 2.00 bits per heavy atom. The zero-order valence-corrected chi connectivity index (χ0v) is 12.9. The van der Waals surface area contributed by atoms with E-state index in [4.69, 9.17) is 0 Å². The molecule has 0 bridgehead atoms. The number of nitrogens with zero attached hydrogens (tertiary/aromatic N) is 1. The summed E-state index contributed by atoms with van der Waals surface area (Å²) >= 11 is 0. The van der Waals surface area contributed by atoms with Gasteiger partial charge < -0.3 is 10.6 Å². The largest absolute Gasteiger partial charge is 0.354 e. The van der Waals surface area contributed by atoms with Crippen LogP contribution in [-0.2, 0) is 9.59 Å². The van der Waals surface area contributed by atoms with Crippen molar-refractivity contribution < 1.29 is 9.59 Å². The van der Waals surface area contributed by atoms with E-state index in [2.05, 4.69) is 22.5 Å². The number of amides is 2. The zero-order valence-electron chi connectivity index (χ0n) is 12.9. The van der Waals surface area contributed by atoms with Crippen molar-refractivity contribution >= 4 is 17.5 Å². The van der Waals surface area contributed by atoms with Crippen LogP contribution in [0, 0.1) is 0 Å². The number of pyridine rings is 1. The molecule has 0 saturated heterocycles. The van der Waals surface area contributed by atoms with Crippen molar-refractivity contribution in [2.45, 2.75) is 58.4 Å². The van der Waals surface area contributed by atoms with Crippen LogP contribution in [0.15, 0.2) is 24.5 Å². The molecule has 0 fully saturated rings. The maximum absolute atomic E-state index is 11.7. The number of rotatable bonds is 9. The van der Waals surface area contributed by atoms with E-state index < -0.39 is 0 Å². The SMILES string of the molecule is CCCCC[C@H](C)NC(=O)CCC(=O)Nc1cccnc1. The highest BCUT2D eigenvalue weighted by molar-refractivity contribution is 5.93. The van der Waals surface area contributed by atoms with E-state index in [1.807, 2.05) is 6.92 Å². The van der Waals surface area contributed by atoms with Crippen LogP contribution in [-0.4, -0.2) is 22.8 Å². The zero-order chi connectivity index (χ0) is 15.5. The highest BCUT2D eigenvalue weighted by atomic mass is 16.2. The minimum Gasteiger partial charge on any atom is -0.354 e. The molecule has 0 aliphatic carbocycles. The van der Waals surface area contributed by atoms with E-state index in [1.165, 1.54) is 12.8 Å². The summed E-state index contributed by atoms with van der Waals surface area (Å²) in [5, 5.41) is 5.64. The van der Waals surface area contributed by atoms with E-state index >= 15 is 0 Å². The lowest BCUT2D eigenvalue weighted by atomic mass is 10.1. The number of hydrogen-bond acceptors (Lipinski definition) is 3.